The molecule has 1 aromatic rings. The van der Waals surface area contributed by atoms with Crippen molar-refractivity contribution >= 4 is 5.69 Å². The monoisotopic (exact) mass is 192 g/mol. The number of aryl methyl sites for hydroxylation is 1. The summed E-state index contributed by atoms with van der Waals surface area (Å²) in [6, 6.07) is 1.34. The number of aliphatic hydroxyl groups is 1. The van der Waals surface area contributed by atoms with E-state index in [1.54, 1.807) is 6.92 Å². The predicted molar refractivity (Wildman–Crippen MR) is 49.6 cm³/mol. The summed E-state index contributed by atoms with van der Waals surface area (Å²) in [7, 11) is 0. The molecule has 0 spiro atoms. The van der Waals surface area contributed by atoms with Crippen LogP contribution >= 0.6 is 0 Å². The van der Waals surface area contributed by atoms with Crippen LogP contribution in [0, 0.1) is 28.9 Å². The van der Waals surface area contributed by atoms with Gasteiger partial charge in [-0.15, -0.1) is 0 Å². The SMILES string of the molecule is Cc1ncc([N+](=O)[O-])cc1C#CCO. The molecule has 0 saturated heterocycles. The van der Waals surface area contributed by atoms with Crippen LogP contribution in [-0.2, 0) is 0 Å². The Morgan fingerprint density at radius 3 is 3.00 bits per heavy atom. The second-order valence-electron chi connectivity index (χ2n) is 2.54. The van der Waals surface area contributed by atoms with Crippen LogP contribution in [0.5, 0.6) is 0 Å². The van der Waals surface area contributed by atoms with Crippen LogP contribution in [0.25, 0.3) is 0 Å². The molecule has 1 N–H and O–H groups in total. The van der Waals surface area contributed by atoms with Gasteiger partial charge in [0, 0.05) is 6.07 Å². The smallest absolute Gasteiger partial charge is 0.288 e. The van der Waals surface area contributed by atoms with E-state index in [9.17, 15) is 10.1 Å². The van der Waals surface area contributed by atoms with Crippen LogP contribution in [0.1, 0.15) is 11.3 Å². The van der Waals surface area contributed by atoms with Crippen molar-refractivity contribution in [1.82, 2.24) is 4.98 Å². The maximum atomic E-state index is 10.4. The van der Waals surface area contributed by atoms with E-state index in [-0.39, 0.29) is 12.3 Å². The maximum Gasteiger partial charge on any atom is 0.288 e. The molecule has 0 fully saturated rings. The first-order valence-corrected chi connectivity index (χ1v) is 3.86. The van der Waals surface area contributed by atoms with Gasteiger partial charge in [0.2, 0.25) is 0 Å². The molecule has 1 aromatic heterocycles. The molecule has 14 heavy (non-hydrogen) atoms. The Hall–Kier alpha value is -1.93. The maximum absolute atomic E-state index is 10.4. The Labute approximate surface area is 80.6 Å². The van der Waals surface area contributed by atoms with E-state index in [0.29, 0.717) is 11.3 Å². The molecule has 0 aliphatic carbocycles. The summed E-state index contributed by atoms with van der Waals surface area (Å²) < 4.78 is 0. The molecular formula is C9H8N2O3. The van der Waals surface area contributed by atoms with Gasteiger partial charge in [-0.05, 0) is 6.92 Å². The summed E-state index contributed by atoms with van der Waals surface area (Å²) in [4.78, 5) is 13.7. The van der Waals surface area contributed by atoms with Crippen molar-refractivity contribution < 1.29 is 10.0 Å². The summed E-state index contributed by atoms with van der Waals surface area (Å²) in [5.74, 6) is 5.01. The number of hydrogen-bond acceptors (Lipinski definition) is 4. The zero-order valence-electron chi connectivity index (χ0n) is 7.52. The minimum Gasteiger partial charge on any atom is -0.384 e. The van der Waals surface area contributed by atoms with E-state index >= 15 is 0 Å². The molecule has 1 heterocycles. The van der Waals surface area contributed by atoms with Gasteiger partial charge in [0.15, 0.2) is 0 Å². The molecule has 5 nitrogen and oxygen atoms in total. The van der Waals surface area contributed by atoms with Gasteiger partial charge in [0.25, 0.3) is 5.69 Å². The fourth-order valence-electron chi connectivity index (χ4n) is 0.883. The fraction of sp³-hybridized carbons (Fsp3) is 0.222. The Morgan fingerprint density at radius 1 is 1.71 bits per heavy atom. The predicted octanol–water partition coefficient (Wildman–Crippen LogP) is 0.642. The third kappa shape index (κ3) is 2.28. The Bertz CT molecular complexity index is 418. The number of nitro groups is 1. The van der Waals surface area contributed by atoms with Crippen LogP contribution in [0.2, 0.25) is 0 Å². The molecule has 5 heteroatoms. The van der Waals surface area contributed by atoms with E-state index in [0.717, 1.165) is 0 Å². The number of rotatable bonds is 1. The molecule has 0 saturated carbocycles. The Balaban J connectivity index is 3.14. The van der Waals surface area contributed by atoms with Gasteiger partial charge < -0.3 is 5.11 Å². The number of aliphatic hydroxyl groups excluding tert-OH is 1. The first kappa shape index (κ1) is 10.2. The highest BCUT2D eigenvalue weighted by atomic mass is 16.6. The number of nitrogens with zero attached hydrogens (tertiary/aromatic N) is 2. The number of aromatic nitrogens is 1. The van der Waals surface area contributed by atoms with Gasteiger partial charge in [-0.25, -0.2) is 0 Å². The molecule has 0 aliphatic heterocycles. The highest BCUT2D eigenvalue weighted by Gasteiger charge is 2.07. The molecular weight excluding hydrogens is 184 g/mol. The van der Waals surface area contributed by atoms with Crippen molar-refractivity contribution in [3.05, 3.63) is 33.6 Å². The lowest BCUT2D eigenvalue weighted by molar-refractivity contribution is -0.385. The topological polar surface area (TPSA) is 76.3 Å². The van der Waals surface area contributed by atoms with Gasteiger partial charge in [0.05, 0.1) is 16.2 Å². The van der Waals surface area contributed by atoms with E-state index in [1.165, 1.54) is 12.3 Å². The minimum absolute atomic E-state index is 0.0992. The molecule has 0 amide bonds. The first-order valence-electron chi connectivity index (χ1n) is 3.86. The van der Waals surface area contributed by atoms with Gasteiger partial charge in [-0.1, -0.05) is 11.8 Å². The van der Waals surface area contributed by atoms with Crippen LogP contribution in [0.15, 0.2) is 12.3 Å². The average Bonchev–Trinajstić information content (AvgIpc) is 2.16. The van der Waals surface area contributed by atoms with Crippen LogP contribution in [0.3, 0.4) is 0 Å². The average molecular weight is 192 g/mol. The van der Waals surface area contributed by atoms with E-state index in [2.05, 4.69) is 16.8 Å². The Morgan fingerprint density at radius 2 is 2.43 bits per heavy atom. The van der Waals surface area contributed by atoms with Gasteiger partial charge in [0.1, 0.15) is 12.8 Å². The van der Waals surface area contributed by atoms with E-state index < -0.39 is 4.92 Å². The quantitative estimate of drug-likeness (QED) is 0.402. The van der Waals surface area contributed by atoms with Crippen LogP contribution in [0.4, 0.5) is 5.69 Å². The van der Waals surface area contributed by atoms with Crippen molar-refractivity contribution in [3.63, 3.8) is 0 Å². The van der Waals surface area contributed by atoms with Gasteiger partial charge >= 0.3 is 0 Å². The summed E-state index contributed by atoms with van der Waals surface area (Å²) in [6.07, 6.45) is 1.18. The lowest BCUT2D eigenvalue weighted by atomic mass is 10.2. The normalized spacial score (nSPS) is 9.00. The van der Waals surface area contributed by atoms with Crippen molar-refractivity contribution in [2.45, 2.75) is 6.92 Å². The lowest BCUT2D eigenvalue weighted by Gasteiger charge is -1.96. The summed E-state index contributed by atoms with van der Waals surface area (Å²) in [5.41, 5.74) is 0.975. The summed E-state index contributed by atoms with van der Waals surface area (Å²) in [6.45, 7) is 1.42. The van der Waals surface area contributed by atoms with E-state index in [4.69, 9.17) is 5.11 Å². The molecule has 0 atom stereocenters. The molecule has 0 aliphatic rings. The highest BCUT2D eigenvalue weighted by molar-refractivity contribution is 5.44. The van der Waals surface area contributed by atoms with Crippen molar-refractivity contribution in [2.75, 3.05) is 6.61 Å². The van der Waals surface area contributed by atoms with Gasteiger partial charge in [-0.3, -0.25) is 15.1 Å². The summed E-state index contributed by atoms with van der Waals surface area (Å²) >= 11 is 0. The molecule has 0 unspecified atom stereocenters. The zero-order chi connectivity index (χ0) is 10.6. The second-order valence-corrected chi connectivity index (χ2v) is 2.54. The minimum atomic E-state index is -0.531. The largest absolute Gasteiger partial charge is 0.384 e. The van der Waals surface area contributed by atoms with Crippen LogP contribution < -0.4 is 0 Å². The van der Waals surface area contributed by atoms with E-state index in [1.807, 2.05) is 0 Å². The molecule has 0 aromatic carbocycles. The lowest BCUT2D eigenvalue weighted by Crippen LogP contribution is -1.93. The summed E-state index contributed by atoms with van der Waals surface area (Å²) in [5, 5.41) is 18.9. The molecule has 72 valence electrons. The fourth-order valence-corrected chi connectivity index (χ4v) is 0.883. The molecule has 1 rings (SSSR count). The van der Waals surface area contributed by atoms with Gasteiger partial charge in [-0.2, -0.15) is 0 Å². The Kier molecular flexibility index (Phi) is 3.15. The standard InChI is InChI=1S/C9H8N2O3/c1-7-8(3-2-4-12)5-9(6-10-7)11(13)14/h5-6,12H,4H2,1H3. The number of hydrogen-bond donors (Lipinski definition) is 1. The first-order chi connectivity index (χ1) is 6.65. The zero-order valence-corrected chi connectivity index (χ0v) is 7.52. The molecule has 0 radical (unpaired) electrons. The number of pyridine rings is 1. The molecule has 0 bridgehead atoms. The third-order valence-corrected chi connectivity index (χ3v) is 1.59. The van der Waals surface area contributed by atoms with Crippen molar-refractivity contribution in [2.24, 2.45) is 0 Å². The third-order valence-electron chi connectivity index (χ3n) is 1.59. The van der Waals surface area contributed by atoms with Crippen molar-refractivity contribution in [3.8, 4) is 11.8 Å². The van der Waals surface area contributed by atoms with Crippen LogP contribution in [-0.4, -0.2) is 21.6 Å². The van der Waals surface area contributed by atoms with Crippen molar-refractivity contribution in [1.29, 1.82) is 0 Å². The second kappa shape index (κ2) is 4.35. The highest BCUT2D eigenvalue weighted by Crippen LogP contribution is 2.13.